The maximum atomic E-state index is 13.9. The molecule has 2 aromatic carbocycles. The SMILES string of the molecule is CCCCCCCCOc1ccc(OC(=O)C2(C(=O)OC(CCCCCC)C(F)(F)F)C=CC(c3ccccc3)=CC2)cc1. The van der Waals surface area contributed by atoms with Gasteiger partial charge in [0.15, 0.2) is 11.5 Å². The number of hydrogen-bond acceptors (Lipinski definition) is 5. The van der Waals surface area contributed by atoms with Crippen LogP contribution in [0.15, 0.2) is 72.8 Å². The second-order valence-corrected chi connectivity index (χ2v) is 11.3. The highest BCUT2D eigenvalue weighted by molar-refractivity contribution is 6.04. The molecular formula is C36H45F3O5. The van der Waals surface area contributed by atoms with Gasteiger partial charge in [0.1, 0.15) is 11.5 Å². The molecular weight excluding hydrogens is 569 g/mol. The molecule has 0 saturated heterocycles. The maximum absolute atomic E-state index is 13.9. The Morgan fingerprint density at radius 3 is 2.02 bits per heavy atom. The summed E-state index contributed by atoms with van der Waals surface area (Å²) in [7, 11) is 0. The number of rotatable bonds is 18. The van der Waals surface area contributed by atoms with Gasteiger partial charge in [-0.2, -0.15) is 13.2 Å². The number of carbonyl (C=O) groups excluding carboxylic acids is 2. The Kier molecular flexibility index (Phi) is 14.0. The topological polar surface area (TPSA) is 61.8 Å². The summed E-state index contributed by atoms with van der Waals surface area (Å²) in [6.07, 6.45) is 6.24. The predicted molar refractivity (Wildman–Crippen MR) is 166 cm³/mol. The van der Waals surface area contributed by atoms with Gasteiger partial charge in [-0.15, -0.1) is 0 Å². The van der Waals surface area contributed by atoms with Gasteiger partial charge in [0, 0.05) is 0 Å². The molecule has 2 unspecified atom stereocenters. The quantitative estimate of drug-likeness (QED) is 0.0724. The lowest BCUT2D eigenvalue weighted by Gasteiger charge is -2.30. The molecule has 0 aliphatic heterocycles. The Bertz CT molecular complexity index is 1220. The third kappa shape index (κ3) is 10.6. The second-order valence-electron chi connectivity index (χ2n) is 11.3. The van der Waals surface area contributed by atoms with E-state index in [9.17, 15) is 22.8 Å². The fourth-order valence-corrected chi connectivity index (χ4v) is 5.02. The molecule has 0 fully saturated rings. The molecule has 0 radical (unpaired) electrons. The first-order valence-corrected chi connectivity index (χ1v) is 15.9. The minimum Gasteiger partial charge on any atom is -0.494 e. The molecule has 2 atom stereocenters. The van der Waals surface area contributed by atoms with E-state index in [0.717, 1.165) is 36.8 Å². The average molecular weight is 615 g/mol. The second kappa shape index (κ2) is 17.7. The summed E-state index contributed by atoms with van der Waals surface area (Å²) in [5, 5.41) is 0. The molecule has 0 heterocycles. The Balaban J connectivity index is 1.72. The van der Waals surface area contributed by atoms with Crippen LogP contribution in [-0.2, 0) is 14.3 Å². The molecule has 2 aromatic rings. The zero-order chi connectivity index (χ0) is 31.8. The lowest BCUT2D eigenvalue weighted by Crippen LogP contribution is -2.46. The van der Waals surface area contributed by atoms with Crippen molar-refractivity contribution in [2.45, 2.75) is 103 Å². The van der Waals surface area contributed by atoms with Crippen LogP contribution in [0.1, 0.15) is 96.5 Å². The van der Waals surface area contributed by atoms with E-state index >= 15 is 0 Å². The van der Waals surface area contributed by atoms with Crippen molar-refractivity contribution in [2.75, 3.05) is 6.61 Å². The standard InChI is InChI=1S/C36H45F3O5/c1-3-5-7-9-10-15-27-42-30-19-21-31(22-20-30)43-33(40)35(25-23-29(24-26-35)28-16-12-11-13-17-28)34(41)44-32(36(37,38)39)18-14-8-6-4-2/h11-13,16-17,19-25,32H,3-10,14-15,18,26-27H2,1-2H3. The van der Waals surface area contributed by atoms with E-state index in [2.05, 4.69) is 6.92 Å². The van der Waals surface area contributed by atoms with Crippen LogP contribution in [0.5, 0.6) is 11.5 Å². The molecule has 0 saturated carbocycles. The van der Waals surface area contributed by atoms with Crippen LogP contribution in [0.2, 0.25) is 0 Å². The van der Waals surface area contributed by atoms with Crippen molar-refractivity contribution in [1.82, 2.24) is 0 Å². The fraction of sp³-hybridized carbons (Fsp3) is 0.500. The van der Waals surface area contributed by atoms with E-state index in [1.807, 2.05) is 37.3 Å². The van der Waals surface area contributed by atoms with Gasteiger partial charge in [0.05, 0.1) is 6.61 Å². The Morgan fingerprint density at radius 2 is 1.41 bits per heavy atom. The summed E-state index contributed by atoms with van der Waals surface area (Å²) in [6, 6.07) is 15.7. The molecule has 8 heteroatoms. The Morgan fingerprint density at radius 1 is 0.795 bits per heavy atom. The molecule has 0 aromatic heterocycles. The van der Waals surface area contributed by atoms with Crippen molar-refractivity contribution in [2.24, 2.45) is 5.41 Å². The van der Waals surface area contributed by atoms with Crippen molar-refractivity contribution in [3.8, 4) is 11.5 Å². The highest BCUT2D eigenvalue weighted by atomic mass is 19.4. The minimum atomic E-state index is -4.76. The highest BCUT2D eigenvalue weighted by Gasteiger charge is 2.51. The number of ether oxygens (including phenoxy) is 3. The lowest BCUT2D eigenvalue weighted by molar-refractivity contribution is -0.227. The molecule has 0 N–H and O–H groups in total. The minimum absolute atomic E-state index is 0.146. The normalized spacial score (nSPS) is 17.1. The van der Waals surface area contributed by atoms with Gasteiger partial charge in [-0.3, -0.25) is 9.59 Å². The van der Waals surface area contributed by atoms with Crippen LogP contribution in [0.4, 0.5) is 13.2 Å². The summed E-state index contributed by atoms with van der Waals surface area (Å²) in [5.41, 5.74) is -0.488. The number of benzene rings is 2. The maximum Gasteiger partial charge on any atom is 0.425 e. The Hall–Kier alpha value is -3.55. The first kappa shape index (κ1) is 34.9. The van der Waals surface area contributed by atoms with Gasteiger partial charge < -0.3 is 14.2 Å². The molecule has 44 heavy (non-hydrogen) atoms. The summed E-state index contributed by atoms with van der Waals surface area (Å²) >= 11 is 0. The summed E-state index contributed by atoms with van der Waals surface area (Å²) < 4.78 is 58.1. The van der Waals surface area contributed by atoms with Gasteiger partial charge in [0.25, 0.3) is 0 Å². The highest BCUT2D eigenvalue weighted by Crippen LogP contribution is 2.38. The van der Waals surface area contributed by atoms with Crippen molar-refractivity contribution < 1.29 is 37.0 Å². The predicted octanol–water partition coefficient (Wildman–Crippen LogP) is 9.81. The summed E-state index contributed by atoms with van der Waals surface area (Å²) in [4.78, 5) is 27.1. The molecule has 1 aliphatic carbocycles. The van der Waals surface area contributed by atoms with Crippen molar-refractivity contribution in [3.05, 3.63) is 78.4 Å². The lowest BCUT2D eigenvalue weighted by atomic mass is 9.79. The number of halogens is 3. The molecule has 240 valence electrons. The monoisotopic (exact) mass is 614 g/mol. The summed E-state index contributed by atoms with van der Waals surface area (Å²) in [5.74, 6) is -1.53. The van der Waals surface area contributed by atoms with Crippen LogP contribution < -0.4 is 9.47 Å². The first-order valence-electron chi connectivity index (χ1n) is 15.9. The van der Waals surface area contributed by atoms with Crippen molar-refractivity contribution in [3.63, 3.8) is 0 Å². The van der Waals surface area contributed by atoms with Gasteiger partial charge in [-0.25, -0.2) is 0 Å². The van der Waals surface area contributed by atoms with E-state index in [-0.39, 0.29) is 25.0 Å². The van der Waals surface area contributed by atoms with Crippen molar-refractivity contribution in [1.29, 1.82) is 0 Å². The smallest absolute Gasteiger partial charge is 0.425 e. The van der Waals surface area contributed by atoms with Crippen LogP contribution in [0.3, 0.4) is 0 Å². The Labute approximate surface area is 259 Å². The van der Waals surface area contributed by atoms with E-state index in [4.69, 9.17) is 14.2 Å². The number of carbonyl (C=O) groups is 2. The molecule has 3 rings (SSSR count). The number of alkyl halides is 3. The largest absolute Gasteiger partial charge is 0.494 e. The molecule has 0 bridgehead atoms. The number of allylic oxidation sites excluding steroid dienone is 3. The van der Waals surface area contributed by atoms with E-state index in [1.54, 1.807) is 24.3 Å². The van der Waals surface area contributed by atoms with Gasteiger partial charge in [0.2, 0.25) is 0 Å². The van der Waals surface area contributed by atoms with Crippen molar-refractivity contribution >= 4 is 17.5 Å². The zero-order valence-corrected chi connectivity index (χ0v) is 25.9. The number of hydrogen-bond donors (Lipinski definition) is 0. The molecule has 1 aliphatic rings. The first-order chi connectivity index (χ1) is 21.2. The number of unbranched alkanes of at least 4 members (excludes halogenated alkanes) is 8. The van der Waals surface area contributed by atoms with Gasteiger partial charge in [-0.1, -0.05) is 114 Å². The third-order valence-electron chi connectivity index (χ3n) is 7.76. The van der Waals surface area contributed by atoms with Crippen LogP contribution in [0, 0.1) is 5.41 Å². The number of esters is 2. The van der Waals surface area contributed by atoms with E-state index in [0.29, 0.717) is 18.8 Å². The summed E-state index contributed by atoms with van der Waals surface area (Å²) in [6.45, 7) is 4.71. The van der Waals surface area contributed by atoms with E-state index in [1.165, 1.54) is 43.9 Å². The van der Waals surface area contributed by atoms with Crippen LogP contribution in [-0.4, -0.2) is 30.8 Å². The molecule has 0 amide bonds. The third-order valence-corrected chi connectivity index (χ3v) is 7.76. The van der Waals surface area contributed by atoms with Gasteiger partial charge >= 0.3 is 18.1 Å². The van der Waals surface area contributed by atoms with E-state index < -0.39 is 29.6 Å². The zero-order valence-electron chi connectivity index (χ0n) is 25.9. The molecule has 5 nitrogen and oxygen atoms in total. The van der Waals surface area contributed by atoms with Crippen LogP contribution in [0.25, 0.3) is 5.57 Å². The van der Waals surface area contributed by atoms with Crippen LogP contribution >= 0.6 is 0 Å². The fourth-order valence-electron chi connectivity index (χ4n) is 5.02. The average Bonchev–Trinajstić information content (AvgIpc) is 3.02. The van der Waals surface area contributed by atoms with Gasteiger partial charge in [-0.05, 0) is 61.1 Å². The molecule has 0 spiro atoms.